The molecule has 0 amide bonds. The van der Waals surface area contributed by atoms with E-state index in [1.54, 1.807) is 17.2 Å². The van der Waals surface area contributed by atoms with E-state index in [0.29, 0.717) is 24.7 Å². The van der Waals surface area contributed by atoms with Crippen LogP contribution in [0.3, 0.4) is 0 Å². The van der Waals surface area contributed by atoms with E-state index in [1.807, 2.05) is 6.07 Å². The molecule has 0 spiro atoms. The first-order valence-electron chi connectivity index (χ1n) is 10.4. The Morgan fingerprint density at radius 2 is 1.79 bits per heavy atom. The van der Waals surface area contributed by atoms with Gasteiger partial charge in [-0.2, -0.15) is 20.0 Å². The van der Waals surface area contributed by atoms with E-state index in [0.717, 1.165) is 28.5 Å². The third-order valence-electron chi connectivity index (χ3n) is 6.60. The van der Waals surface area contributed by atoms with Gasteiger partial charge in [-0.1, -0.05) is 6.07 Å². The second-order valence-electron chi connectivity index (χ2n) is 8.34. The summed E-state index contributed by atoms with van der Waals surface area (Å²) in [6.07, 6.45) is 8.37. The van der Waals surface area contributed by atoms with Crippen molar-refractivity contribution in [3.05, 3.63) is 48.3 Å². The highest BCUT2D eigenvalue weighted by atomic mass is 16.5. The molecule has 29 heavy (non-hydrogen) atoms. The van der Waals surface area contributed by atoms with Gasteiger partial charge in [0.05, 0.1) is 18.1 Å². The van der Waals surface area contributed by atoms with E-state index in [2.05, 4.69) is 51.7 Å². The monoisotopic (exact) mass is 388 g/mol. The number of rotatable bonds is 3. The zero-order chi connectivity index (χ0) is 19.4. The molecular formula is C22H24N6O. The Morgan fingerprint density at radius 3 is 2.59 bits per heavy atom. The Kier molecular flexibility index (Phi) is 3.84. The minimum atomic E-state index is 0.509. The van der Waals surface area contributed by atoms with Crippen LogP contribution in [0.1, 0.15) is 31.2 Å². The molecule has 2 saturated heterocycles. The lowest BCUT2D eigenvalue weighted by molar-refractivity contribution is 0.289. The molecule has 2 bridgehead atoms. The number of ether oxygens (including phenoxy) is 1. The molecule has 3 aliphatic rings. The standard InChI is InChI=1S/C22H24N6O/c1-27(18-11-15-2-3-16(12-18)25-15)21-7-6-20-19-5-4-17(28-23-8-9-24-28)10-14(19)13-29-22(20)26-21/h4-10,15-16,18,25H,2-3,11-13H2,1H3/t15-,16+,18?. The Hall–Kier alpha value is -2.93. The Balaban J connectivity index is 1.29. The third kappa shape index (κ3) is 2.88. The summed E-state index contributed by atoms with van der Waals surface area (Å²) in [5.74, 6) is 1.72. The van der Waals surface area contributed by atoms with E-state index in [4.69, 9.17) is 9.72 Å². The Labute approximate surface area is 169 Å². The maximum absolute atomic E-state index is 6.05. The number of pyridine rings is 1. The average Bonchev–Trinajstić information content (AvgIpc) is 3.42. The van der Waals surface area contributed by atoms with Gasteiger partial charge in [-0.25, -0.2) is 0 Å². The highest BCUT2D eigenvalue weighted by Crippen LogP contribution is 2.39. The van der Waals surface area contributed by atoms with Crippen molar-refractivity contribution in [2.45, 2.75) is 50.4 Å². The number of fused-ring (bicyclic) bond motifs is 5. The van der Waals surface area contributed by atoms with Gasteiger partial charge in [0.1, 0.15) is 12.4 Å². The molecule has 7 heteroatoms. The number of aromatic nitrogens is 4. The van der Waals surface area contributed by atoms with Crippen LogP contribution in [0, 0.1) is 0 Å². The van der Waals surface area contributed by atoms with Crippen LogP contribution in [0.15, 0.2) is 42.7 Å². The third-order valence-corrected chi connectivity index (χ3v) is 6.60. The maximum atomic E-state index is 6.05. The summed E-state index contributed by atoms with van der Waals surface area (Å²) in [6.45, 7) is 0.509. The predicted octanol–water partition coefficient (Wildman–Crippen LogP) is 2.94. The van der Waals surface area contributed by atoms with Crippen LogP contribution >= 0.6 is 0 Å². The minimum Gasteiger partial charge on any atom is -0.472 e. The van der Waals surface area contributed by atoms with Gasteiger partial charge in [-0.3, -0.25) is 0 Å². The molecule has 0 radical (unpaired) electrons. The van der Waals surface area contributed by atoms with Gasteiger partial charge >= 0.3 is 0 Å². The van der Waals surface area contributed by atoms with Gasteiger partial charge in [0.25, 0.3) is 0 Å². The second-order valence-corrected chi connectivity index (χ2v) is 8.34. The average molecular weight is 388 g/mol. The second kappa shape index (κ2) is 6.56. The zero-order valence-electron chi connectivity index (χ0n) is 16.5. The van der Waals surface area contributed by atoms with Gasteiger partial charge < -0.3 is 15.0 Å². The number of anilines is 1. The van der Waals surface area contributed by atoms with Crippen molar-refractivity contribution < 1.29 is 4.74 Å². The molecule has 0 aliphatic carbocycles. The zero-order valence-corrected chi connectivity index (χ0v) is 16.5. The van der Waals surface area contributed by atoms with Crippen LogP contribution in [0.2, 0.25) is 0 Å². The minimum absolute atomic E-state index is 0.509. The van der Waals surface area contributed by atoms with Crippen molar-refractivity contribution in [1.82, 2.24) is 25.3 Å². The van der Waals surface area contributed by atoms with Crippen molar-refractivity contribution in [2.24, 2.45) is 0 Å². The molecule has 6 rings (SSSR count). The van der Waals surface area contributed by atoms with Crippen molar-refractivity contribution in [2.75, 3.05) is 11.9 Å². The van der Waals surface area contributed by atoms with E-state index in [1.165, 1.54) is 31.2 Å². The molecule has 3 aromatic rings. The van der Waals surface area contributed by atoms with Crippen LogP contribution < -0.4 is 15.0 Å². The number of hydrogen-bond acceptors (Lipinski definition) is 6. The van der Waals surface area contributed by atoms with Gasteiger partial charge in [0, 0.05) is 30.7 Å². The van der Waals surface area contributed by atoms with Crippen molar-refractivity contribution in [3.8, 4) is 22.7 Å². The highest BCUT2D eigenvalue weighted by molar-refractivity contribution is 5.75. The van der Waals surface area contributed by atoms with Crippen LogP contribution in [-0.2, 0) is 6.61 Å². The quantitative estimate of drug-likeness (QED) is 0.744. The van der Waals surface area contributed by atoms with Crippen molar-refractivity contribution in [3.63, 3.8) is 0 Å². The Bertz CT molecular complexity index is 1040. The molecule has 0 saturated carbocycles. The molecule has 7 nitrogen and oxygen atoms in total. The van der Waals surface area contributed by atoms with Crippen LogP contribution in [0.5, 0.6) is 5.88 Å². The summed E-state index contributed by atoms with van der Waals surface area (Å²) in [5, 5.41) is 12.1. The smallest absolute Gasteiger partial charge is 0.223 e. The highest BCUT2D eigenvalue weighted by Gasteiger charge is 2.35. The number of piperidine rings is 1. The molecule has 1 N–H and O–H groups in total. The van der Waals surface area contributed by atoms with Crippen molar-refractivity contribution in [1.29, 1.82) is 0 Å². The van der Waals surface area contributed by atoms with Crippen molar-refractivity contribution >= 4 is 5.82 Å². The molecule has 148 valence electrons. The lowest BCUT2D eigenvalue weighted by Gasteiger charge is -2.36. The first-order chi connectivity index (χ1) is 14.2. The van der Waals surface area contributed by atoms with E-state index in [-0.39, 0.29) is 0 Å². The first kappa shape index (κ1) is 17.0. The van der Waals surface area contributed by atoms with E-state index >= 15 is 0 Å². The first-order valence-corrected chi connectivity index (χ1v) is 10.4. The van der Waals surface area contributed by atoms with Gasteiger partial charge in [-0.05, 0) is 61.1 Å². The number of benzene rings is 1. The molecule has 2 aromatic heterocycles. The Morgan fingerprint density at radius 1 is 1.03 bits per heavy atom. The van der Waals surface area contributed by atoms with E-state index < -0.39 is 0 Å². The van der Waals surface area contributed by atoms with Gasteiger partial charge in [0.15, 0.2) is 0 Å². The summed E-state index contributed by atoms with van der Waals surface area (Å²) >= 11 is 0. The summed E-state index contributed by atoms with van der Waals surface area (Å²) in [4.78, 5) is 8.85. The molecule has 3 aliphatic heterocycles. The predicted molar refractivity (Wildman–Crippen MR) is 110 cm³/mol. The lowest BCUT2D eigenvalue weighted by atomic mass is 9.97. The number of nitrogens with one attached hydrogen (secondary N) is 1. The molecule has 2 fully saturated rings. The van der Waals surface area contributed by atoms with Crippen LogP contribution in [0.4, 0.5) is 5.82 Å². The summed E-state index contributed by atoms with van der Waals surface area (Å²) in [7, 11) is 2.17. The van der Waals surface area contributed by atoms with Gasteiger partial charge in [-0.15, -0.1) is 0 Å². The largest absolute Gasteiger partial charge is 0.472 e. The molecule has 1 aromatic carbocycles. The molecule has 5 heterocycles. The molecule has 1 unspecified atom stereocenters. The SMILES string of the molecule is CN(c1ccc2c(n1)OCc1cc(-n3nccn3)ccc1-2)C1C[C@H]2CC[C@@H](C1)N2. The summed E-state index contributed by atoms with van der Waals surface area (Å²) < 4.78 is 6.05. The summed E-state index contributed by atoms with van der Waals surface area (Å²) in [5.41, 5.74) is 4.29. The lowest BCUT2D eigenvalue weighted by Crippen LogP contribution is -2.47. The normalized spacial score (nSPS) is 24.5. The molecule has 3 atom stereocenters. The van der Waals surface area contributed by atoms with Crippen LogP contribution in [0.25, 0.3) is 16.8 Å². The fourth-order valence-corrected chi connectivity index (χ4v) is 5.05. The topological polar surface area (TPSA) is 68.1 Å². The van der Waals surface area contributed by atoms with Gasteiger partial charge in [0.2, 0.25) is 5.88 Å². The maximum Gasteiger partial charge on any atom is 0.223 e. The summed E-state index contributed by atoms with van der Waals surface area (Å²) in [6, 6.07) is 12.4. The fourth-order valence-electron chi connectivity index (χ4n) is 5.05. The number of hydrogen-bond donors (Lipinski definition) is 1. The van der Waals surface area contributed by atoms with E-state index in [9.17, 15) is 0 Å². The fraction of sp³-hybridized carbons (Fsp3) is 0.409. The van der Waals surface area contributed by atoms with Crippen LogP contribution in [-0.4, -0.2) is 45.2 Å². The number of nitrogens with zero attached hydrogens (tertiary/aromatic N) is 5. The molecular weight excluding hydrogens is 364 g/mol.